The van der Waals surface area contributed by atoms with Crippen LogP contribution in [-0.4, -0.2) is 31.3 Å². The molecule has 2 aliphatic rings. The van der Waals surface area contributed by atoms with E-state index in [-0.39, 0.29) is 0 Å². The highest BCUT2D eigenvalue weighted by Crippen LogP contribution is 2.38. The average molecular weight is 219 g/mol. The normalized spacial score (nSPS) is 23.1. The van der Waals surface area contributed by atoms with Gasteiger partial charge in [-0.3, -0.25) is 0 Å². The minimum Gasteiger partial charge on any atom is -0.384 e. The zero-order valence-corrected chi connectivity index (χ0v) is 9.35. The molecule has 3 heterocycles. The van der Waals surface area contributed by atoms with Crippen LogP contribution in [0.2, 0.25) is 0 Å². The van der Waals surface area contributed by atoms with Gasteiger partial charge in [0.05, 0.1) is 25.1 Å². The number of piperidine rings is 1. The van der Waals surface area contributed by atoms with Crippen molar-refractivity contribution in [1.82, 2.24) is 4.98 Å². The van der Waals surface area contributed by atoms with Crippen LogP contribution in [0.5, 0.6) is 0 Å². The number of hydrogen-bond acceptors (Lipinski definition) is 4. The summed E-state index contributed by atoms with van der Waals surface area (Å²) in [6.45, 7) is 4.06. The first-order chi connectivity index (χ1) is 7.77. The summed E-state index contributed by atoms with van der Waals surface area (Å²) in [6, 6.07) is 3.93. The van der Waals surface area contributed by atoms with Gasteiger partial charge < -0.3 is 15.4 Å². The number of nitrogens with two attached hydrogens (primary N) is 1. The molecule has 16 heavy (non-hydrogen) atoms. The standard InChI is InChI=1S/C12H17N3O/c13-11-3-2-10(6-14-11)15-5-1-4-12(7-15)8-16-9-12/h2-3,6H,1,4-5,7-9H2,(H2,13,14). The fourth-order valence-corrected chi connectivity index (χ4v) is 2.64. The van der Waals surface area contributed by atoms with Gasteiger partial charge in [-0.05, 0) is 25.0 Å². The largest absolute Gasteiger partial charge is 0.384 e. The van der Waals surface area contributed by atoms with E-state index in [9.17, 15) is 0 Å². The minimum atomic E-state index is 0.416. The molecule has 0 aromatic carbocycles. The molecule has 0 radical (unpaired) electrons. The Balaban J connectivity index is 1.76. The Kier molecular flexibility index (Phi) is 2.24. The van der Waals surface area contributed by atoms with Crippen molar-refractivity contribution in [3.8, 4) is 0 Å². The molecule has 0 atom stereocenters. The van der Waals surface area contributed by atoms with E-state index in [0.717, 1.165) is 26.3 Å². The molecule has 0 aliphatic carbocycles. The van der Waals surface area contributed by atoms with Crippen molar-refractivity contribution in [3.63, 3.8) is 0 Å². The van der Waals surface area contributed by atoms with Crippen molar-refractivity contribution in [2.45, 2.75) is 12.8 Å². The van der Waals surface area contributed by atoms with E-state index in [1.807, 2.05) is 12.3 Å². The highest BCUT2D eigenvalue weighted by Gasteiger charge is 2.42. The van der Waals surface area contributed by atoms with Crippen LogP contribution in [0, 0.1) is 5.41 Å². The van der Waals surface area contributed by atoms with Gasteiger partial charge in [0.2, 0.25) is 0 Å². The lowest BCUT2D eigenvalue weighted by Gasteiger charge is -2.48. The third-order valence-corrected chi connectivity index (χ3v) is 3.61. The van der Waals surface area contributed by atoms with Gasteiger partial charge in [-0.15, -0.1) is 0 Å². The maximum absolute atomic E-state index is 5.60. The van der Waals surface area contributed by atoms with Crippen molar-refractivity contribution < 1.29 is 4.74 Å². The second kappa shape index (κ2) is 3.63. The number of pyridine rings is 1. The third-order valence-electron chi connectivity index (χ3n) is 3.61. The van der Waals surface area contributed by atoms with Gasteiger partial charge in [0.15, 0.2) is 0 Å². The van der Waals surface area contributed by atoms with E-state index in [4.69, 9.17) is 10.5 Å². The lowest BCUT2D eigenvalue weighted by atomic mass is 9.78. The fraction of sp³-hybridized carbons (Fsp3) is 0.583. The van der Waals surface area contributed by atoms with Crippen molar-refractivity contribution in [1.29, 1.82) is 0 Å². The van der Waals surface area contributed by atoms with E-state index in [1.165, 1.54) is 18.5 Å². The molecule has 0 unspecified atom stereocenters. The SMILES string of the molecule is Nc1ccc(N2CCCC3(COC3)C2)cn1. The monoisotopic (exact) mass is 219 g/mol. The Hall–Kier alpha value is -1.29. The number of nitrogens with zero attached hydrogens (tertiary/aromatic N) is 2. The molecule has 1 spiro atoms. The van der Waals surface area contributed by atoms with Crippen LogP contribution in [0.25, 0.3) is 0 Å². The van der Waals surface area contributed by atoms with E-state index in [2.05, 4.69) is 16.0 Å². The van der Waals surface area contributed by atoms with Crippen LogP contribution in [-0.2, 0) is 4.74 Å². The molecular formula is C12H17N3O. The first-order valence-corrected chi connectivity index (χ1v) is 5.82. The predicted octanol–water partition coefficient (Wildman–Crippen LogP) is 1.28. The van der Waals surface area contributed by atoms with Crippen LogP contribution >= 0.6 is 0 Å². The number of ether oxygens (including phenoxy) is 1. The Labute approximate surface area is 95.4 Å². The summed E-state index contributed by atoms with van der Waals surface area (Å²) in [6.07, 6.45) is 4.41. The molecule has 2 N–H and O–H groups in total. The average Bonchev–Trinajstić information content (AvgIpc) is 2.28. The Bertz CT molecular complexity index is 372. The zero-order chi connectivity index (χ0) is 11.0. The molecule has 86 valence electrons. The first kappa shape index (κ1) is 9.90. The van der Waals surface area contributed by atoms with Crippen LogP contribution in [0.1, 0.15) is 12.8 Å². The maximum atomic E-state index is 5.60. The summed E-state index contributed by atoms with van der Waals surface area (Å²) >= 11 is 0. The molecule has 0 amide bonds. The lowest BCUT2D eigenvalue weighted by molar-refractivity contribution is -0.117. The summed E-state index contributed by atoms with van der Waals surface area (Å²) in [5.74, 6) is 0.586. The summed E-state index contributed by atoms with van der Waals surface area (Å²) in [7, 11) is 0. The van der Waals surface area contributed by atoms with Crippen molar-refractivity contribution in [2.75, 3.05) is 36.9 Å². The van der Waals surface area contributed by atoms with Gasteiger partial charge in [-0.25, -0.2) is 4.98 Å². The predicted molar refractivity (Wildman–Crippen MR) is 63.3 cm³/mol. The second-order valence-electron chi connectivity index (χ2n) is 4.96. The van der Waals surface area contributed by atoms with Gasteiger partial charge in [-0.2, -0.15) is 0 Å². The van der Waals surface area contributed by atoms with Gasteiger partial charge in [-0.1, -0.05) is 0 Å². The third kappa shape index (κ3) is 1.63. The van der Waals surface area contributed by atoms with E-state index in [0.29, 0.717) is 11.2 Å². The van der Waals surface area contributed by atoms with Crippen molar-refractivity contribution >= 4 is 11.5 Å². The summed E-state index contributed by atoms with van der Waals surface area (Å²) < 4.78 is 5.36. The van der Waals surface area contributed by atoms with Gasteiger partial charge in [0, 0.05) is 18.5 Å². The lowest BCUT2D eigenvalue weighted by Crippen LogP contribution is -2.54. The van der Waals surface area contributed by atoms with Crippen LogP contribution in [0.15, 0.2) is 18.3 Å². The number of rotatable bonds is 1. The van der Waals surface area contributed by atoms with Crippen LogP contribution in [0.3, 0.4) is 0 Å². The number of aromatic nitrogens is 1. The molecule has 1 aromatic rings. The molecule has 3 rings (SSSR count). The fourth-order valence-electron chi connectivity index (χ4n) is 2.64. The van der Waals surface area contributed by atoms with E-state index in [1.54, 1.807) is 0 Å². The van der Waals surface area contributed by atoms with Crippen LogP contribution in [0.4, 0.5) is 11.5 Å². The van der Waals surface area contributed by atoms with Crippen molar-refractivity contribution in [2.24, 2.45) is 5.41 Å². The highest BCUT2D eigenvalue weighted by molar-refractivity contribution is 5.48. The summed E-state index contributed by atoms with van der Waals surface area (Å²) in [5.41, 5.74) is 7.19. The molecule has 4 heteroatoms. The van der Waals surface area contributed by atoms with E-state index < -0.39 is 0 Å². The maximum Gasteiger partial charge on any atom is 0.123 e. The molecule has 1 aromatic heterocycles. The number of nitrogen functional groups attached to an aromatic ring is 1. The smallest absolute Gasteiger partial charge is 0.123 e. The molecule has 0 saturated carbocycles. The quantitative estimate of drug-likeness (QED) is 0.773. The van der Waals surface area contributed by atoms with Gasteiger partial charge >= 0.3 is 0 Å². The zero-order valence-electron chi connectivity index (χ0n) is 9.35. The Morgan fingerprint density at radius 2 is 2.25 bits per heavy atom. The van der Waals surface area contributed by atoms with Gasteiger partial charge in [0.25, 0.3) is 0 Å². The molecule has 2 fully saturated rings. The molecule has 0 bridgehead atoms. The Morgan fingerprint density at radius 1 is 1.38 bits per heavy atom. The minimum absolute atomic E-state index is 0.416. The summed E-state index contributed by atoms with van der Waals surface area (Å²) in [5, 5.41) is 0. The molecule has 4 nitrogen and oxygen atoms in total. The Morgan fingerprint density at radius 3 is 2.88 bits per heavy atom. The van der Waals surface area contributed by atoms with E-state index >= 15 is 0 Å². The number of anilines is 2. The van der Waals surface area contributed by atoms with Crippen LogP contribution < -0.4 is 10.6 Å². The first-order valence-electron chi connectivity index (χ1n) is 5.82. The summed E-state index contributed by atoms with van der Waals surface area (Å²) in [4.78, 5) is 6.55. The number of hydrogen-bond donors (Lipinski definition) is 1. The second-order valence-corrected chi connectivity index (χ2v) is 4.96. The van der Waals surface area contributed by atoms with Gasteiger partial charge in [0.1, 0.15) is 5.82 Å². The highest BCUT2D eigenvalue weighted by atomic mass is 16.5. The molecule has 2 aliphatic heterocycles. The molecular weight excluding hydrogens is 202 g/mol. The van der Waals surface area contributed by atoms with Crippen molar-refractivity contribution in [3.05, 3.63) is 18.3 Å². The topological polar surface area (TPSA) is 51.4 Å². The molecule has 2 saturated heterocycles.